The van der Waals surface area contributed by atoms with Crippen molar-refractivity contribution in [2.24, 2.45) is 0 Å². The van der Waals surface area contributed by atoms with Crippen molar-refractivity contribution in [3.8, 4) is 28.3 Å². The lowest BCUT2D eigenvalue weighted by atomic mass is 9.95. The van der Waals surface area contributed by atoms with Gasteiger partial charge in [0.15, 0.2) is 0 Å². The Bertz CT molecular complexity index is 1160. The van der Waals surface area contributed by atoms with E-state index in [9.17, 15) is 10.1 Å². The van der Waals surface area contributed by atoms with E-state index in [0.717, 1.165) is 27.6 Å². The summed E-state index contributed by atoms with van der Waals surface area (Å²) in [5.74, 6) is 0. The topological polar surface area (TPSA) is 69.5 Å². The van der Waals surface area contributed by atoms with Gasteiger partial charge < -0.3 is 4.98 Å². The number of nitrogens with zero attached hydrogens (tertiary/aromatic N) is 2. The summed E-state index contributed by atoms with van der Waals surface area (Å²) >= 11 is 0. The predicted molar refractivity (Wildman–Crippen MR) is 98.0 cm³/mol. The maximum atomic E-state index is 12.4. The molecule has 4 heteroatoms. The van der Waals surface area contributed by atoms with Crippen LogP contribution in [0.1, 0.15) is 5.69 Å². The average Bonchev–Trinajstić information content (AvgIpc) is 2.68. The molecule has 0 saturated carbocycles. The molecule has 0 atom stereocenters. The highest BCUT2D eigenvalue weighted by Crippen LogP contribution is 2.32. The van der Waals surface area contributed by atoms with Gasteiger partial charge in [0, 0.05) is 23.3 Å². The standard InChI is InChI=1S/C21H13N3O/c22-13-19-20(15-4-2-1-3-5-15)18-12-16(14-8-10-23-11-9-14)6-7-17(18)21(25)24-19/h1-12H,(H,24,25). The third-order valence-electron chi connectivity index (χ3n) is 4.21. The molecule has 4 nitrogen and oxygen atoms in total. The van der Waals surface area contributed by atoms with Crippen molar-refractivity contribution in [3.63, 3.8) is 0 Å². The Morgan fingerprint density at radius 1 is 0.840 bits per heavy atom. The molecule has 25 heavy (non-hydrogen) atoms. The van der Waals surface area contributed by atoms with E-state index in [-0.39, 0.29) is 11.3 Å². The number of benzene rings is 2. The Kier molecular flexibility index (Phi) is 3.60. The molecule has 4 rings (SSSR count). The fraction of sp³-hybridized carbons (Fsp3) is 0. The molecule has 0 aliphatic heterocycles. The summed E-state index contributed by atoms with van der Waals surface area (Å²) in [7, 11) is 0. The van der Waals surface area contributed by atoms with Crippen molar-refractivity contribution in [2.45, 2.75) is 0 Å². The SMILES string of the molecule is N#Cc1[nH]c(=O)c2ccc(-c3ccncc3)cc2c1-c1ccccc1. The molecule has 0 aliphatic carbocycles. The molecule has 0 bridgehead atoms. The van der Waals surface area contributed by atoms with E-state index in [4.69, 9.17) is 0 Å². The maximum Gasteiger partial charge on any atom is 0.256 e. The zero-order chi connectivity index (χ0) is 17.2. The van der Waals surface area contributed by atoms with Crippen LogP contribution in [0.4, 0.5) is 0 Å². The average molecular weight is 323 g/mol. The molecule has 2 heterocycles. The minimum absolute atomic E-state index is 0.257. The number of hydrogen-bond donors (Lipinski definition) is 1. The number of rotatable bonds is 2. The first kappa shape index (κ1) is 14.9. The molecule has 0 amide bonds. The summed E-state index contributed by atoms with van der Waals surface area (Å²) < 4.78 is 0. The summed E-state index contributed by atoms with van der Waals surface area (Å²) in [5.41, 5.74) is 3.64. The molecule has 0 unspecified atom stereocenters. The lowest BCUT2D eigenvalue weighted by Crippen LogP contribution is -2.10. The molecule has 1 N–H and O–H groups in total. The zero-order valence-electron chi connectivity index (χ0n) is 13.2. The van der Waals surface area contributed by atoms with Gasteiger partial charge in [-0.1, -0.05) is 36.4 Å². The van der Waals surface area contributed by atoms with Gasteiger partial charge in [-0.2, -0.15) is 5.26 Å². The minimum Gasteiger partial charge on any atom is -0.313 e. The lowest BCUT2D eigenvalue weighted by molar-refractivity contribution is 1.23. The molecule has 118 valence electrons. The second-order valence-electron chi connectivity index (χ2n) is 5.68. The second kappa shape index (κ2) is 6.06. The van der Waals surface area contributed by atoms with Crippen LogP contribution >= 0.6 is 0 Å². The minimum atomic E-state index is -0.257. The Morgan fingerprint density at radius 3 is 2.32 bits per heavy atom. The second-order valence-corrected chi connectivity index (χ2v) is 5.68. The Morgan fingerprint density at radius 2 is 1.60 bits per heavy atom. The van der Waals surface area contributed by atoms with Gasteiger partial charge in [0.05, 0.1) is 0 Å². The Labute approximate surface area is 144 Å². The molecule has 2 aromatic heterocycles. The molecule has 0 aliphatic rings. The van der Waals surface area contributed by atoms with E-state index in [1.54, 1.807) is 18.5 Å². The zero-order valence-corrected chi connectivity index (χ0v) is 13.2. The number of aromatic nitrogens is 2. The summed E-state index contributed by atoms with van der Waals surface area (Å²) in [6, 6.07) is 21.3. The van der Waals surface area contributed by atoms with Gasteiger partial charge in [-0.15, -0.1) is 0 Å². The van der Waals surface area contributed by atoms with Gasteiger partial charge in [-0.3, -0.25) is 9.78 Å². The van der Waals surface area contributed by atoms with Gasteiger partial charge in [-0.05, 0) is 46.3 Å². The molecular formula is C21H13N3O. The monoisotopic (exact) mass is 323 g/mol. The fourth-order valence-corrected chi connectivity index (χ4v) is 3.04. The van der Waals surface area contributed by atoms with Crippen LogP contribution in [0.15, 0.2) is 77.9 Å². The first-order chi connectivity index (χ1) is 12.3. The van der Waals surface area contributed by atoms with Crippen LogP contribution in [0.25, 0.3) is 33.0 Å². The number of pyridine rings is 2. The largest absolute Gasteiger partial charge is 0.313 e. The Hall–Kier alpha value is -3.71. The van der Waals surface area contributed by atoms with Crippen LogP contribution in [0.2, 0.25) is 0 Å². The normalized spacial score (nSPS) is 10.5. The maximum absolute atomic E-state index is 12.4. The van der Waals surface area contributed by atoms with E-state index in [1.807, 2.05) is 54.6 Å². The molecular weight excluding hydrogens is 310 g/mol. The van der Waals surface area contributed by atoms with E-state index in [2.05, 4.69) is 16.0 Å². The van der Waals surface area contributed by atoms with E-state index in [1.165, 1.54) is 0 Å². The van der Waals surface area contributed by atoms with E-state index >= 15 is 0 Å². The first-order valence-corrected chi connectivity index (χ1v) is 7.84. The summed E-state index contributed by atoms with van der Waals surface area (Å²) in [5, 5.41) is 10.9. The molecule has 0 spiro atoms. The van der Waals surface area contributed by atoms with Crippen LogP contribution in [-0.4, -0.2) is 9.97 Å². The van der Waals surface area contributed by atoms with Crippen LogP contribution in [0.3, 0.4) is 0 Å². The quantitative estimate of drug-likeness (QED) is 0.603. The first-order valence-electron chi connectivity index (χ1n) is 7.84. The number of nitriles is 1. The predicted octanol–water partition coefficient (Wildman–Crippen LogP) is 4.13. The molecule has 0 saturated heterocycles. The van der Waals surface area contributed by atoms with Crippen LogP contribution in [0, 0.1) is 11.3 Å². The summed E-state index contributed by atoms with van der Waals surface area (Å²) in [6.45, 7) is 0. The number of fused-ring (bicyclic) bond motifs is 1. The van der Waals surface area contributed by atoms with Gasteiger partial charge in [-0.25, -0.2) is 0 Å². The number of H-pyrrole nitrogens is 1. The molecule has 2 aromatic carbocycles. The smallest absolute Gasteiger partial charge is 0.256 e. The number of hydrogen-bond acceptors (Lipinski definition) is 3. The van der Waals surface area contributed by atoms with Gasteiger partial charge >= 0.3 is 0 Å². The molecule has 0 radical (unpaired) electrons. The van der Waals surface area contributed by atoms with Gasteiger partial charge in [0.1, 0.15) is 11.8 Å². The van der Waals surface area contributed by atoms with Crippen molar-refractivity contribution >= 4 is 10.8 Å². The highest BCUT2D eigenvalue weighted by atomic mass is 16.1. The highest BCUT2D eigenvalue weighted by Gasteiger charge is 2.14. The summed E-state index contributed by atoms with van der Waals surface area (Å²) in [4.78, 5) is 19.1. The summed E-state index contributed by atoms with van der Waals surface area (Å²) in [6.07, 6.45) is 3.46. The van der Waals surface area contributed by atoms with E-state index < -0.39 is 0 Å². The molecule has 4 aromatic rings. The van der Waals surface area contributed by atoms with Crippen LogP contribution < -0.4 is 5.56 Å². The van der Waals surface area contributed by atoms with Crippen molar-refractivity contribution in [1.82, 2.24) is 9.97 Å². The molecule has 0 fully saturated rings. The van der Waals surface area contributed by atoms with Gasteiger partial charge in [0.25, 0.3) is 5.56 Å². The van der Waals surface area contributed by atoms with Crippen molar-refractivity contribution in [1.29, 1.82) is 5.26 Å². The van der Waals surface area contributed by atoms with Crippen molar-refractivity contribution < 1.29 is 0 Å². The highest BCUT2D eigenvalue weighted by molar-refractivity contribution is 6.00. The van der Waals surface area contributed by atoms with Gasteiger partial charge in [0.2, 0.25) is 0 Å². The van der Waals surface area contributed by atoms with Crippen molar-refractivity contribution in [3.05, 3.63) is 89.1 Å². The third-order valence-corrected chi connectivity index (χ3v) is 4.21. The van der Waals surface area contributed by atoms with E-state index in [0.29, 0.717) is 5.39 Å². The Balaban J connectivity index is 2.10. The fourth-order valence-electron chi connectivity index (χ4n) is 3.04. The number of aromatic amines is 1. The van der Waals surface area contributed by atoms with Crippen LogP contribution in [0.5, 0.6) is 0 Å². The van der Waals surface area contributed by atoms with Crippen molar-refractivity contribution in [2.75, 3.05) is 0 Å². The third kappa shape index (κ3) is 2.58. The number of nitrogens with one attached hydrogen (secondary N) is 1. The lowest BCUT2D eigenvalue weighted by Gasteiger charge is -2.11. The van der Waals surface area contributed by atoms with Crippen LogP contribution in [-0.2, 0) is 0 Å².